The minimum absolute atomic E-state index is 0.183. The van der Waals surface area contributed by atoms with Gasteiger partial charge in [0.05, 0.1) is 0 Å². The molecule has 2 rings (SSSR count). The molecule has 2 bridgehead atoms. The van der Waals surface area contributed by atoms with Crippen molar-refractivity contribution in [3.63, 3.8) is 0 Å². The molecule has 3 unspecified atom stereocenters. The van der Waals surface area contributed by atoms with Gasteiger partial charge in [-0.05, 0) is 25.2 Å². The third-order valence-electron chi connectivity index (χ3n) is 3.63. The monoisotopic (exact) mass is 197 g/mol. The first-order chi connectivity index (χ1) is 6.70. The molecule has 4 N–H and O–H groups in total. The molecule has 0 aromatic heterocycles. The number of carbonyl (C=O) groups is 1. The summed E-state index contributed by atoms with van der Waals surface area (Å²) in [4.78, 5) is 13.3. The van der Waals surface area contributed by atoms with Gasteiger partial charge in [-0.25, -0.2) is 0 Å². The Morgan fingerprint density at radius 1 is 1.50 bits per heavy atom. The zero-order chi connectivity index (χ0) is 10.1. The second-order valence-corrected chi connectivity index (χ2v) is 4.59. The number of hydrogen-bond donors (Lipinski definition) is 2. The van der Waals surface area contributed by atoms with Crippen molar-refractivity contribution >= 4 is 5.91 Å². The molecule has 1 aliphatic heterocycles. The highest BCUT2D eigenvalue weighted by Gasteiger charge is 2.40. The molecule has 1 amide bonds. The number of fused-ring (bicyclic) bond motifs is 2. The molecular weight excluding hydrogens is 178 g/mol. The molecule has 4 heteroatoms. The summed E-state index contributed by atoms with van der Waals surface area (Å²) >= 11 is 0. The summed E-state index contributed by atoms with van der Waals surface area (Å²) in [5.74, 6) is 0.616. The topological polar surface area (TPSA) is 72.3 Å². The number of amides is 1. The van der Waals surface area contributed by atoms with Gasteiger partial charge < -0.3 is 11.5 Å². The van der Waals surface area contributed by atoms with Gasteiger partial charge in [0, 0.05) is 31.6 Å². The molecule has 0 aromatic rings. The molecule has 2 fully saturated rings. The SMILES string of the molecule is NCC(CC(N)=O)N1CC2CCC1C2. The molecule has 3 atom stereocenters. The summed E-state index contributed by atoms with van der Waals surface area (Å²) < 4.78 is 0. The molecule has 1 heterocycles. The lowest BCUT2D eigenvalue weighted by molar-refractivity contribution is -0.119. The van der Waals surface area contributed by atoms with E-state index in [1.54, 1.807) is 0 Å². The average Bonchev–Trinajstić information content (AvgIpc) is 2.74. The predicted octanol–water partition coefficient (Wildman–Crippen LogP) is -0.327. The number of likely N-dealkylation sites (tertiary alicyclic amines) is 1. The van der Waals surface area contributed by atoms with Crippen LogP contribution in [0.3, 0.4) is 0 Å². The van der Waals surface area contributed by atoms with Gasteiger partial charge in [0.2, 0.25) is 5.91 Å². The van der Waals surface area contributed by atoms with Crippen LogP contribution >= 0.6 is 0 Å². The standard InChI is InChI=1S/C10H19N3O/c11-5-9(4-10(12)14)13-6-7-1-2-8(13)3-7/h7-9H,1-6,11H2,(H2,12,14). The largest absolute Gasteiger partial charge is 0.370 e. The summed E-state index contributed by atoms with van der Waals surface area (Å²) in [5.41, 5.74) is 10.9. The lowest BCUT2D eigenvalue weighted by Crippen LogP contribution is -2.46. The van der Waals surface area contributed by atoms with Gasteiger partial charge in [-0.3, -0.25) is 9.69 Å². The van der Waals surface area contributed by atoms with Crippen molar-refractivity contribution in [2.24, 2.45) is 17.4 Å². The van der Waals surface area contributed by atoms with E-state index in [0.29, 0.717) is 19.0 Å². The quantitative estimate of drug-likeness (QED) is 0.648. The summed E-state index contributed by atoms with van der Waals surface area (Å²) in [6, 6.07) is 0.857. The number of nitrogens with zero attached hydrogens (tertiary/aromatic N) is 1. The molecular formula is C10H19N3O. The molecule has 1 saturated heterocycles. The van der Waals surface area contributed by atoms with Gasteiger partial charge in [0.15, 0.2) is 0 Å². The van der Waals surface area contributed by atoms with Crippen molar-refractivity contribution in [1.29, 1.82) is 0 Å². The first kappa shape index (κ1) is 9.93. The Morgan fingerprint density at radius 3 is 2.71 bits per heavy atom. The van der Waals surface area contributed by atoms with E-state index >= 15 is 0 Å². The molecule has 80 valence electrons. The highest BCUT2D eigenvalue weighted by Crippen LogP contribution is 2.38. The second-order valence-electron chi connectivity index (χ2n) is 4.59. The van der Waals surface area contributed by atoms with E-state index in [9.17, 15) is 4.79 Å². The fraction of sp³-hybridized carbons (Fsp3) is 0.900. The van der Waals surface area contributed by atoms with E-state index in [4.69, 9.17) is 11.5 Å². The molecule has 4 nitrogen and oxygen atoms in total. The normalized spacial score (nSPS) is 33.5. The second kappa shape index (κ2) is 3.87. The van der Waals surface area contributed by atoms with E-state index < -0.39 is 0 Å². The van der Waals surface area contributed by atoms with Crippen LogP contribution in [0.15, 0.2) is 0 Å². The number of carbonyl (C=O) groups excluding carboxylic acids is 1. The Bertz CT molecular complexity index is 231. The third-order valence-corrected chi connectivity index (χ3v) is 3.63. The maximum atomic E-state index is 10.9. The molecule has 0 aromatic carbocycles. The van der Waals surface area contributed by atoms with Crippen LogP contribution in [0.2, 0.25) is 0 Å². The van der Waals surface area contributed by atoms with Crippen LogP contribution in [-0.2, 0) is 4.79 Å². The number of nitrogens with two attached hydrogens (primary N) is 2. The maximum Gasteiger partial charge on any atom is 0.219 e. The van der Waals surface area contributed by atoms with Gasteiger partial charge in [0.1, 0.15) is 0 Å². The smallest absolute Gasteiger partial charge is 0.219 e. The van der Waals surface area contributed by atoms with E-state index in [0.717, 1.165) is 12.5 Å². The Labute approximate surface area is 84.6 Å². The zero-order valence-electron chi connectivity index (χ0n) is 8.48. The van der Waals surface area contributed by atoms with Gasteiger partial charge in [-0.15, -0.1) is 0 Å². The molecule has 0 spiro atoms. The highest BCUT2D eigenvalue weighted by atomic mass is 16.1. The summed E-state index contributed by atoms with van der Waals surface area (Å²) in [5, 5.41) is 0. The predicted molar refractivity (Wildman–Crippen MR) is 54.5 cm³/mol. The van der Waals surface area contributed by atoms with Crippen LogP contribution in [0, 0.1) is 5.92 Å². The Hall–Kier alpha value is -0.610. The summed E-state index contributed by atoms with van der Waals surface area (Å²) in [7, 11) is 0. The fourth-order valence-corrected chi connectivity index (χ4v) is 2.98. The van der Waals surface area contributed by atoms with Gasteiger partial charge in [0.25, 0.3) is 0 Å². The van der Waals surface area contributed by atoms with Crippen molar-refractivity contribution < 1.29 is 4.79 Å². The number of hydrogen-bond acceptors (Lipinski definition) is 3. The minimum atomic E-state index is -0.233. The lowest BCUT2D eigenvalue weighted by Gasteiger charge is -2.33. The van der Waals surface area contributed by atoms with Crippen LogP contribution in [0.4, 0.5) is 0 Å². The molecule has 14 heavy (non-hydrogen) atoms. The van der Waals surface area contributed by atoms with E-state index in [-0.39, 0.29) is 11.9 Å². The van der Waals surface area contributed by atoms with Gasteiger partial charge in [-0.1, -0.05) is 0 Å². The molecule has 2 aliphatic rings. The third kappa shape index (κ3) is 1.77. The number of primary amides is 1. The van der Waals surface area contributed by atoms with Crippen molar-refractivity contribution in [1.82, 2.24) is 4.90 Å². The van der Waals surface area contributed by atoms with Crippen molar-refractivity contribution in [3.8, 4) is 0 Å². The number of rotatable bonds is 4. The Kier molecular flexibility index (Phi) is 2.74. The van der Waals surface area contributed by atoms with E-state index in [1.165, 1.54) is 19.3 Å². The summed E-state index contributed by atoms with van der Waals surface area (Å²) in [6.45, 7) is 1.67. The first-order valence-corrected chi connectivity index (χ1v) is 5.44. The maximum absolute atomic E-state index is 10.9. The summed E-state index contributed by atoms with van der Waals surface area (Å²) in [6.07, 6.45) is 4.35. The molecule has 1 saturated carbocycles. The first-order valence-electron chi connectivity index (χ1n) is 5.44. The van der Waals surface area contributed by atoms with Crippen LogP contribution in [0.5, 0.6) is 0 Å². The van der Waals surface area contributed by atoms with Crippen LogP contribution in [0.1, 0.15) is 25.7 Å². The van der Waals surface area contributed by atoms with E-state index in [1.807, 2.05) is 0 Å². The zero-order valence-corrected chi connectivity index (χ0v) is 8.48. The highest BCUT2D eigenvalue weighted by molar-refractivity contribution is 5.74. The number of piperidine rings is 1. The lowest BCUT2D eigenvalue weighted by atomic mass is 10.1. The van der Waals surface area contributed by atoms with Crippen molar-refractivity contribution in [2.75, 3.05) is 13.1 Å². The van der Waals surface area contributed by atoms with Crippen LogP contribution in [-0.4, -0.2) is 36.0 Å². The minimum Gasteiger partial charge on any atom is -0.370 e. The van der Waals surface area contributed by atoms with Crippen molar-refractivity contribution in [2.45, 2.75) is 37.8 Å². The Balaban J connectivity index is 1.95. The molecule has 0 radical (unpaired) electrons. The van der Waals surface area contributed by atoms with Crippen molar-refractivity contribution in [3.05, 3.63) is 0 Å². The van der Waals surface area contributed by atoms with Crippen LogP contribution in [0.25, 0.3) is 0 Å². The van der Waals surface area contributed by atoms with Gasteiger partial charge in [-0.2, -0.15) is 0 Å². The fourth-order valence-electron chi connectivity index (χ4n) is 2.98. The van der Waals surface area contributed by atoms with Gasteiger partial charge >= 0.3 is 0 Å². The molecule has 1 aliphatic carbocycles. The van der Waals surface area contributed by atoms with Crippen LogP contribution < -0.4 is 11.5 Å². The Morgan fingerprint density at radius 2 is 2.29 bits per heavy atom. The average molecular weight is 197 g/mol. The van der Waals surface area contributed by atoms with E-state index in [2.05, 4.69) is 4.90 Å².